The second kappa shape index (κ2) is 6.92. The minimum absolute atomic E-state index is 0.00754. The number of nitrogens with zero attached hydrogens (tertiary/aromatic N) is 1. The molecule has 1 N–H and O–H groups in total. The first-order valence-corrected chi connectivity index (χ1v) is 6.95. The smallest absolute Gasteiger partial charge is 0.410 e. The Morgan fingerprint density at radius 3 is 2.30 bits per heavy atom. The van der Waals surface area contributed by atoms with Crippen molar-refractivity contribution in [3.05, 3.63) is 0 Å². The summed E-state index contributed by atoms with van der Waals surface area (Å²) in [7, 11) is 1.31. The van der Waals surface area contributed by atoms with Gasteiger partial charge in [0, 0.05) is 13.1 Å². The Bertz CT molecular complexity index is 342. The molecule has 0 aliphatic carbocycles. The van der Waals surface area contributed by atoms with Crippen LogP contribution < -0.4 is 0 Å². The second-order valence-corrected chi connectivity index (χ2v) is 6.15. The molecular formula is C14H25NO5. The maximum absolute atomic E-state index is 11.9. The summed E-state index contributed by atoms with van der Waals surface area (Å²) >= 11 is 0. The third-order valence-corrected chi connectivity index (χ3v) is 3.34. The number of carbonyl (C=O) groups is 2. The summed E-state index contributed by atoms with van der Waals surface area (Å²) in [5, 5.41) is 9.95. The summed E-state index contributed by atoms with van der Waals surface area (Å²) in [5.74, 6) is -0.389. The number of amides is 1. The zero-order valence-electron chi connectivity index (χ0n) is 12.7. The molecule has 0 spiro atoms. The Morgan fingerprint density at radius 1 is 1.30 bits per heavy atom. The predicted octanol–water partition coefficient (Wildman–Crippen LogP) is 1.56. The lowest BCUT2D eigenvalue weighted by atomic mass is 9.90. The third-order valence-electron chi connectivity index (χ3n) is 3.34. The SMILES string of the molecule is COC(=O)C[C@H](O)C1CCN(C(=O)OC(C)(C)C)CC1. The number of carbonyl (C=O) groups excluding carboxylic acids is 2. The highest BCUT2D eigenvalue weighted by Crippen LogP contribution is 2.24. The third kappa shape index (κ3) is 5.36. The van der Waals surface area contributed by atoms with Crippen molar-refractivity contribution in [2.24, 2.45) is 5.92 Å². The van der Waals surface area contributed by atoms with E-state index < -0.39 is 17.7 Å². The van der Waals surface area contributed by atoms with Gasteiger partial charge in [0.15, 0.2) is 0 Å². The first-order chi connectivity index (χ1) is 9.23. The number of aliphatic hydroxyl groups is 1. The van der Waals surface area contributed by atoms with Crippen molar-refractivity contribution in [2.75, 3.05) is 20.2 Å². The van der Waals surface area contributed by atoms with Crippen LogP contribution in [0.4, 0.5) is 4.79 Å². The van der Waals surface area contributed by atoms with Gasteiger partial charge < -0.3 is 19.5 Å². The molecule has 1 aliphatic rings. The van der Waals surface area contributed by atoms with Crippen molar-refractivity contribution >= 4 is 12.1 Å². The Labute approximate surface area is 120 Å². The first kappa shape index (κ1) is 16.8. The van der Waals surface area contributed by atoms with Gasteiger partial charge in [-0.05, 0) is 39.5 Å². The molecule has 1 aliphatic heterocycles. The summed E-state index contributed by atoms with van der Waals surface area (Å²) in [4.78, 5) is 24.7. The standard InChI is InChI=1S/C14H25NO5/c1-14(2,3)20-13(18)15-7-5-10(6-8-15)11(16)9-12(17)19-4/h10-11,16H,5-9H2,1-4H3/t11-/m0/s1. The van der Waals surface area contributed by atoms with Gasteiger partial charge in [0.1, 0.15) is 5.60 Å². The van der Waals surface area contributed by atoms with E-state index in [1.807, 2.05) is 20.8 Å². The molecule has 0 radical (unpaired) electrons. The molecular weight excluding hydrogens is 262 g/mol. The molecule has 6 heteroatoms. The largest absolute Gasteiger partial charge is 0.469 e. The Morgan fingerprint density at radius 2 is 1.85 bits per heavy atom. The van der Waals surface area contributed by atoms with E-state index in [1.165, 1.54) is 7.11 Å². The second-order valence-electron chi connectivity index (χ2n) is 6.15. The van der Waals surface area contributed by atoms with E-state index in [0.717, 1.165) is 0 Å². The predicted molar refractivity (Wildman–Crippen MR) is 73.2 cm³/mol. The number of hydrogen-bond acceptors (Lipinski definition) is 5. The van der Waals surface area contributed by atoms with E-state index in [2.05, 4.69) is 4.74 Å². The van der Waals surface area contributed by atoms with Crippen LogP contribution in [0.15, 0.2) is 0 Å². The Hall–Kier alpha value is -1.30. The van der Waals surface area contributed by atoms with E-state index in [4.69, 9.17) is 4.74 Å². The van der Waals surface area contributed by atoms with Crippen LogP contribution in [0, 0.1) is 5.92 Å². The summed E-state index contributed by atoms with van der Waals surface area (Å²) < 4.78 is 9.85. The van der Waals surface area contributed by atoms with Crippen LogP contribution in [0.5, 0.6) is 0 Å². The van der Waals surface area contributed by atoms with Crippen LogP contribution >= 0.6 is 0 Å². The van der Waals surface area contributed by atoms with Gasteiger partial charge in [-0.25, -0.2) is 4.79 Å². The summed E-state index contributed by atoms with van der Waals surface area (Å²) in [6, 6.07) is 0. The maximum Gasteiger partial charge on any atom is 0.410 e. The minimum atomic E-state index is -0.705. The lowest BCUT2D eigenvalue weighted by molar-refractivity contribution is -0.143. The fraction of sp³-hybridized carbons (Fsp3) is 0.857. The van der Waals surface area contributed by atoms with E-state index in [0.29, 0.717) is 25.9 Å². The summed E-state index contributed by atoms with van der Waals surface area (Å²) in [6.45, 7) is 6.57. The number of hydrogen-bond donors (Lipinski definition) is 1. The van der Waals surface area contributed by atoms with Crippen molar-refractivity contribution in [2.45, 2.75) is 51.7 Å². The van der Waals surface area contributed by atoms with E-state index >= 15 is 0 Å². The molecule has 6 nitrogen and oxygen atoms in total. The molecule has 1 saturated heterocycles. The number of piperidine rings is 1. The zero-order chi connectivity index (χ0) is 15.3. The van der Waals surface area contributed by atoms with Crippen LogP contribution in [0.25, 0.3) is 0 Å². The van der Waals surface area contributed by atoms with Crippen molar-refractivity contribution in [3.8, 4) is 0 Å². The lowest BCUT2D eigenvalue weighted by Crippen LogP contribution is -2.43. The van der Waals surface area contributed by atoms with E-state index in [1.54, 1.807) is 4.90 Å². The molecule has 0 aromatic rings. The molecule has 1 atom stereocenters. The quantitative estimate of drug-likeness (QED) is 0.797. The highest BCUT2D eigenvalue weighted by Gasteiger charge is 2.30. The average Bonchev–Trinajstić information content (AvgIpc) is 2.36. The number of rotatable bonds is 3. The van der Waals surface area contributed by atoms with Crippen molar-refractivity contribution < 1.29 is 24.2 Å². The van der Waals surface area contributed by atoms with Crippen molar-refractivity contribution in [1.82, 2.24) is 4.90 Å². The summed E-state index contributed by atoms with van der Waals surface area (Å²) in [5.41, 5.74) is -0.502. The number of ether oxygens (including phenoxy) is 2. The molecule has 0 aromatic carbocycles. The molecule has 0 aromatic heterocycles. The molecule has 1 fully saturated rings. The van der Waals surface area contributed by atoms with Crippen LogP contribution in [0.3, 0.4) is 0 Å². The van der Waals surface area contributed by atoms with Gasteiger partial charge in [0.05, 0.1) is 19.6 Å². The number of methoxy groups -OCH3 is 1. The molecule has 116 valence electrons. The first-order valence-electron chi connectivity index (χ1n) is 6.95. The van der Waals surface area contributed by atoms with Gasteiger partial charge in [-0.1, -0.05) is 0 Å². The van der Waals surface area contributed by atoms with E-state index in [9.17, 15) is 14.7 Å². The fourth-order valence-electron chi connectivity index (χ4n) is 2.21. The molecule has 0 unspecified atom stereocenters. The van der Waals surface area contributed by atoms with Crippen LogP contribution in [-0.4, -0.2) is 54.0 Å². The molecule has 1 rings (SSSR count). The fourth-order valence-corrected chi connectivity index (χ4v) is 2.21. The molecule has 20 heavy (non-hydrogen) atoms. The number of aliphatic hydroxyl groups excluding tert-OH is 1. The van der Waals surface area contributed by atoms with Gasteiger partial charge >= 0.3 is 12.1 Å². The van der Waals surface area contributed by atoms with Gasteiger partial charge in [-0.3, -0.25) is 4.79 Å². The normalized spacial score (nSPS) is 18.6. The Balaban J connectivity index is 2.39. The minimum Gasteiger partial charge on any atom is -0.469 e. The number of likely N-dealkylation sites (tertiary alicyclic amines) is 1. The molecule has 0 saturated carbocycles. The van der Waals surface area contributed by atoms with Gasteiger partial charge in [0.25, 0.3) is 0 Å². The average molecular weight is 287 g/mol. The number of esters is 1. The van der Waals surface area contributed by atoms with Crippen LogP contribution in [0.1, 0.15) is 40.0 Å². The van der Waals surface area contributed by atoms with Crippen LogP contribution in [0.2, 0.25) is 0 Å². The zero-order valence-corrected chi connectivity index (χ0v) is 12.7. The summed E-state index contributed by atoms with van der Waals surface area (Å²) in [6.07, 6.45) is 0.309. The topological polar surface area (TPSA) is 76.1 Å². The highest BCUT2D eigenvalue weighted by atomic mass is 16.6. The van der Waals surface area contributed by atoms with Gasteiger partial charge in [-0.2, -0.15) is 0 Å². The van der Waals surface area contributed by atoms with Crippen molar-refractivity contribution in [3.63, 3.8) is 0 Å². The van der Waals surface area contributed by atoms with Gasteiger partial charge in [0.2, 0.25) is 0 Å². The Kier molecular flexibility index (Phi) is 5.80. The van der Waals surface area contributed by atoms with Crippen LogP contribution in [-0.2, 0) is 14.3 Å². The molecule has 1 heterocycles. The highest BCUT2D eigenvalue weighted by molar-refractivity contribution is 5.70. The monoisotopic (exact) mass is 287 g/mol. The lowest BCUT2D eigenvalue weighted by Gasteiger charge is -2.34. The maximum atomic E-state index is 11.9. The van der Waals surface area contributed by atoms with E-state index in [-0.39, 0.29) is 18.4 Å². The van der Waals surface area contributed by atoms with Gasteiger partial charge in [-0.15, -0.1) is 0 Å². The molecule has 0 bridgehead atoms. The molecule has 1 amide bonds. The van der Waals surface area contributed by atoms with Crippen molar-refractivity contribution in [1.29, 1.82) is 0 Å².